The lowest BCUT2D eigenvalue weighted by atomic mass is 9.97. The molecule has 0 unspecified atom stereocenters. The smallest absolute Gasteiger partial charge is 0.411 e. The van der Waals surface area contributed by atoms with Crippen LogP contribution >= 0.6 is 23.2 Å². The number of methoxy groups -OCH3 is 2. The van der Waals surface area contributed by atoms with Crippen molar-refractivity contribution in [3.63, 3.8) is 0 Å². The molecule has 0 saturated heterocycles. The highest BCUT2D eigenvalue weighted by atomic mass is 35.5. The predicted octanol–water partition coefficient (Wildman–Crippen LogP) is 5.31. The molecule has 144 valence electrons. The van der Waals surface area contributed by atoms with Crippen LogP contribution in [-0.4, -0.2) is 26.4 Å². The molecule has 6 nitrogen and oxygen atoms in total. The number of amides is 2. The van der Waals surface area contributed by atoms with Gasteiger partial charge < -0.3 is 14.8 Å². The summed E-state index contributed by atoms with van der Waals surface area (Å²) >= 11 is 12.9. The zero-order valence-electron chi connectivity index (χ0n) is 15.4. The number of anilines is 1. The molecular weight excluding hydrogens is 391 g/mol. The Morgan fingerprint density at radius 2 is 1.44 bits per heavy atom. The van der Waals surface area contributed by atoms with Gasteiger partial charge in [-0.15, -0.1) is 0 Å². The summed E-state index contributed by atoms with van der Waals surface area (Å²) in [4.78, 5) is 22.7. The van der Waals surface area contributed by atoms with Crippen molar-refractivity contribution in [2.75, 3.05) is 19.5 Å². The Morgan fingerprint density at radius 3 is 2.04 bits per heavy atom. The summed E-state index contributed by atoms with van der Waals surface area (Å²) in [6, 6.07) is 7.20. The molecule has 2 aromatic carbocycles. The first-order valence-electron chi connectivity index (χ1n) is 8.03. The summed E-state index contributed by atoms with van der Waals surface area (Å²) < 4.78 is 9.18. The monoisotopic (exact) mass is 410 g/mol. The number of alkyl carbamates (subject to hydrolysis) is 1. The molecule has 2 aromatic rings. The van der Waals surface area contributed by atoms with Gasteiger partial charge >= 0.3 is 12.2 Å². The van der Waals surface area contributed by atoms with Crippen LogP contribution in [0.3, 0.4) is 0 Å². The van der Waals surface area contributed by atoms with Crippen LogP contribution in [0.25, 0.3) is 11.1 Å². The van der Waals surface area contributed by atoms with Crippen molar-refractivity contribution >= 4 is 41.1 Å². The number of carbonyl (C=O) groups excluding carboxylic acids is 2. The van der Waals surface area contributed by atoms with Crippen molar-refractivity contribution in [1.29, 1.82) is 0 Å². The Kier molecular flexibility index (Phi) is 6.93. The van der Waals surface area contributed by atoms with E-state index in [2.05, 4.69) is 20.1 Å². The quantitative estimate of drug-likeness (QED) is 0.715. The first-order chi connectivity index (χ1) is 12.8. The van der Waals surface area contributed by atoms with E-state index >= 15 is 0 Å². The number of carbonyl (C=O) groups is 2. The normalized spacial score (nSPS) is 10.3. The van der Waals surface area contributed by atoms with Crippen LogP contribution in [0.1, 0.15) is 16.7 Å². The number of hydrogen-bond acceptors (Lipinski definition) is 4. The summed E-state index contributed by atoms with van der Waals surface area (Å²) in [5, 5.41) is 6.18. The Labute approximate surface area is 167 Å². The van der Waals surface area contributed by atoms with E-state index in [1.54, 1.807) is 12.1 Å². The summed E-state index contributed by atoms with van der Waals surface area (Å²) in [5.41, 5.74) is 4.67. The van der Waals surface area contributed by atoms with Crippen LogP contribution in [0.15, 0.2) is 24.3 Å². The molecule has 0 aliphatic heterocycles. The Hall–Kier alpha value is -2.44. The fourth-order valence-corrected chi connectivity index (χ4v) is 3.10. The molecule has 0 radical (unpaired) electrons. The molecule has 8 heteroatoms. The van der Waals surface area contributed by atoms with E-state index in [-0.39, 0.29) is 0 Å². The van der Waals surface area contributed by atoms with Gasteiger partial charge in [0.25, 0.3) is 0 Å². The SMILES string of the molecule is COC(=O)NCc1cc(Cl)c(-c2cc(C)c(NC(=O)OC)cc2Cl)cc1C. The van der Waals surface area contributed by atoms with E-state index in [0.29, 0.717) is 22.3 Å². The van der Waals surface area contributed by atoms with Crippen molar-refractivity contribution in [2.24, 2.45) is 0 Å². The Morgan fingerprint density at radius 1 is 0.889 bits per heavy atom. The van der Waals surface area contributed by atoms with Gasteiger partial charge in [-0.25, -0.2) is 9.59 Å². The molecule has 2 N–H and O–H groups in total. The zero-order valence-corrected chi connectivity index (χ0v) is 16.9. The summed E-state index contributed by atoms with van der Waals surface area (Å²) in [6.07, 6.45) is -1.08. The van der Waals surface area contributed by atoms with Gasteiger partial charge in [0.15, 0.2) is 0 Å². The molecule has 27 heavy (non-hydrogen) atoms. The maximum atomic E-state index is 11.4. The van der Waals surface area contributed by atoms with Crippen molar-refractivity contribution in [3.8, 4) is 11.1 Å². The predicted molar refractivity (Wildman–Crippen MR) is 107 cm³/mol. The average Bonchev–Trinajstić information content (AvgIpc) is 2.64. The van der Waals surface area contributed by atoms with Gasteiger partial charge in [0.1, 0.15) is 0 Å². The van der Waals surface area contributed by atoms with Crippen molar-refractivity contribution in [2.45, 2.75) is 20.4 Å². The standard InChI is InChI=1S/C19H20Cl2N2O4/c1-10-5-13(15(20)7-12(10)9-22-18(24)26-3)14-6-11(2)17(8-16(14)21)23-19(25)27-4/h5-8H,9H2,1-4H3,(H,22,24)(H,23,25). The van der Waals surface area contributed by atoms with Gasteiger partial charge in [-0.05, 0) is 54.8 Å². The lowest BCUT2D eigenvalue weighted by Crippen LogP contribution is -2.22. The number of nitrogens with one attached hydrogen (secondary N) is 2. The van der Waals surface area contributed by atoms with E-state index in [1.165, 1.54) is 14.2 Å². The molecule has 0 fully saturated rings. The lowest BCUT2D eigenvalue weighted by molar-refractivity contribution is 0.170. The number of aryl methyl sites for hydroxylation is 2. The number of rotatable bonds is 4. The largest absolute Gasteiger partial charge is 0.453 e. The molecular formula is C19H20Cl2N2O4. The lowest BCUT2D eigenvalue weighted by Gasteiger charge is -2.15. The second-order valence-corrected chi connectivity index (χ2v) is 6.68. The third-order valence-corrected chi connectivity index (χ3v) is 4.69. The third kappa shape index (κ3) is 5.05. The summed E-state index contributed by atoms with van der Waals surface area (Å²) in [7, 11) is 2.60. The highest BCUT2D eigenvalue weighted by Crippen LogP contribution is 2.38. The summed E-state index contributed by atoms with van der Waals surface area (Å²) in [5.74, 6) is 0. The Bertz CT molecular complexity index is 884. The van der Waals surface area contributed by atoms with E-state index in [1.807, 2.05) is 26.0 Å². The van der Waals surface area contributed by atoms with Crippen LogP contribution in [0.4, 0.5) is 15.3 Å². The number of hydrogen-bond donors (Lipinski definition) is 2. The van der Waals surface area contributed by atoms with Gasteiger partial charge in [-0.2, -0.15) is 0 Å². The van der Waals surface area contributed by atoms with Gasteiger partial charge in [0.05, 0.1) is 19.2 Å². The van der Waals surface area contributed by atoms with Crippen LogP contribution in [0.2, 0.25) is 10.0 Å². The first kappa shape index (κ1) is 20.9. The molecule has 0 aliphatic rings. The highest BCUT2D eigenvalue weighted by molar-refractivity contribution is 6.36. The first-order valence-corrected chi connectivity index (χ1v) is 8.78. The van der Waals surface area contributed by atoms with E-state index in [0.717, 1.165) is 27.8 Å². The second-order valence-electron chi connectivity index (χ2n) is 5.87. The topological polar surface area (TPSA) is 76.7 Å². The number of halogens is 2. The minimum atomic E-state index is -0.571. The minimum Gasteiger partial charge on any atom is -0.453 e. The van der Waals surface area contributed by atoms with Crippen LogP contribution in [-0.2, 0) is 16.0 Å². The average molecular weight is 411 g/mol. The maximum Gasteiger partial charge on any atom is 0.411 e. The summed E-state index contributed by atoms with van der Waals surface area (Å²) in [6.45, 7) is 4.07. The molecule has 0 spiro atoms. The van der Waals surface area contributed by atoms with E-state index in [4.69, 9.17) is 23.2 Å². The number of ether oxygens (including phenoxy) is 2. The van der Waals surface area contributed by atoms with Crippen LogP contribution in [0, 0.1) is 13.8 Å². The molecule has 0 aromatic heterocycles. The second kappa shape index (κ2) is 8.97. The fraction of sp³-hybridized carbons (Fsp3) is 0.263. The van der Waals surface area contributed by atoms with Gasteiger partial charge in [0.2, 0.25) is 0 Å². The molecule has 0 atom stereocenters. The van der Waals surface area contributed by atoms with E-state index < -0.39 is 12.2 Å². The molecule has 0 heterocycles. The van der Waals surface area contributed by atoms with Crippen LogP contribution < -0.4 is 10.6 Å². The van der Waals surface area contributed by atoms with Crippen molar-refractivity contribution in [3.05, 3.63) is 51.0 Å². The Balaban J connectivity index is 2.38. The molecule has 2 rings (SSSR count). The molecule has 0 saturated carbocycles. The van der Waals surface area contributed by atoms with Gasteiger partial charge in [0, 0.05) is 28.4 Å². The van der Waals surface area contributed by atoms with Crippen molar-refractivity contribution in [1.82, 2.24) is 5.32 Å². The van der Waals surface area contributed by atoms with Gasteiger partial charge in [-0.1, -0.05) is 23.2 Å². The third-order valence-electron chi connectivity index (χ3n) is 4.06. The van der Waals surface area contributed by atoms with E-state index in [9.17, 15) is 9.59 Å². The molecule has 0 aliphatic carbocycles. The van der Waals surface area contributed by atoms with Crippen molar-refractivity contribution < 1.29 is 19.1 Å². The molecule has 2 amide bonds. The highest BCUT2D eigenvalue weighted by Gasteiger charge is 2.15. The van der Waals surface area contributed by atoms with Gasteiger partial charge in [-0.3, -0.25) is 5.32 Å². The molecule has 0 bridgehead atoms. The fourth-order valence-electron chi connectivity index (χ4n) is 2.54. The zero-order chi connectivity index (χ0) is 20.1. The van der Waals surface area contributed by atoms with Crippen LogP contribution in [0.5, 0.6) is 0 Å². The maximum absolute atomic E-state index is 11.4. The minimum absolute atomic E-state index is 0.299. The number of benzene rings is 2.